The van der Waals surface area contributed by atoms with Gasteiger partial charge in [0.15, 0.2) is 0 Å². The van der Waals surface area contributed by atoms with Crippen LogP contribution in [0.5, 0.6) is 0 Å². The maximum Gasteiger partial charge on any atom is 0.132 e. The van der Waals surface area contributed by atoms with E-state index in [0.29, 0.717) is 18.6 Å². The smallest absolute Gasteiger partial charge is 0.132 e. The predicted molar refractivity (Wildman–Crippen MR) is 68.1 cm³/mol. The lowest BCUT2D eigenvalue weighted by molar-refractivity contribution is -0.125. The summed E-state index contributed by atoms with van der Waals surface area (Å²) < 4.78 is 11.4. The lowest BCUT2D eigenvalue weighted by Gasteiger charge is -2.36. The molecule has 1 aliphatic carbocycles. The van der Waals surface area contributed by atoms with Crippen LogP contribution in [-0.4, -0.2) is 32.2 Å². The van der Waals surface area contributed by atoms with Crippen molar-refractivity contribution in [1.29, 1.82) is 0 Å². The quantitative estimate of drug-likeness (QED) is 0.614. The Hall–Kier alpha value is -0.410. The third-order valence-corrected chi connectivity index (χ3v) is 3.38. The van der Waals surface area contributed by atoms with Crippen molar-refractivity contribution in [2.45, 2.75) is 52.4 Å². The van der Waals surface area contributed by atoms with E-state index in [1.165, 1.54) is 0 Å². The summed E-state index contributed by atoms with van der Waals surface area (Å²) in [7, 11) is 0. The molecule has 1 fully saturated rings. The number of hydrogen-bond acceptors (Lipinski definition) is 3. The lowest BCUT2D eigenvalue weighted by atomic mass is 9.75. The Morgan fingerprint density at radius 2 is 1.47 bits per heavy atom. The van der Waals surface area contributed by atoms with Gasteiger partial charge in [0.05, 0.1) is 13.2 Å². The van der Waals surface area contributed by atoms with Crippen molar-refractivity contribution in [3.63, 3.8) is 0 Å². The van der Waals surface area contributed by atoms with E-state index in [4.69, 9.17) is 9.47 Å². The molecule has 0 spiro atoms. The predicted octanol–water partition coefficient (Wildman–Crippen LogP) is 2.97. The standard InChI is InChI=1S/C14H26O3/c1-3-9-16-11-14(12-17-10-4-2)7-5-13(15)6-8-14/h3-12H2,1-2H3. The zero-order valence-electron chi connectivity index (χ0n) is 11.3. The van der Waals surface area contributed by atoms with E-state index >= 15 is 0 Å². The maximum absolute atomic E-state index is 11.3. The van der Waals surface area contributed by atoms with E-state index in [9.17, 15) is 4.79 Å². The Morgan fingerprint density at radius 3 is 1.88 bits per heavy atom. The van der Waals surface area contributed by atoms with Crippen LogP contribution in [0.2, 0.25) is 0 Å². The van der Waals surface area contributed by atoms with Crippen LogP contribution < -0.4 is 0 Å². The van der Waals surface area contributed by atoms with Crippen LogP contribution in [0.3, 0.4) is 0 Å². The summed E-state index contributed by atoms with van der Waals surface area (Å²) in [5.41, 5.74) is 0.0955. The van der Waals surface area contributed by atoms with Gasteiger partial charge in [-0.2, -0.15) is 0 Å². The number of ether oxygens (including phenoxy) is 2. The second kappa shape index (κ2) is 7.83. The summed E-state index contributed by atoms with van der Waals surface area (Å²) in [6.45, 7) is 7.35. The number of ketones is 1. The highest BCUT2D eigenvalue weighted by Crippen LogP contribution is 2.35. The van der Waals surface area contributed by atoms with E-state index in [-0.39, 0.29) is 5.41 Å². The van der Waals surface area contributed by atoms with Gasteiger partial charge >= 0.3 is 0 Å². The topological polar surface area (TPSA) is 35.5 Å². The summed E-state index contributed by atoms with van der Waals surface area (Å²) in [6, 6.07) is 0. The van der Waals surface area contributed by atoms with Crippen molar-refractivity contribution < 1.29 is 14.3 Å². The van der Waals surface area contributed by atoms with Crippen LogP contribution in [-0.2, 0) is 14.3 Å². The summed E-state index contributed by atoms with van der Waals surface area (Å²) >= 11 is 0. The summed E-state index contributed by atoms with van der Waals surface area (Å²) in [5.74, 6) is 0.395. The van der Waals surface area contributed by atoms with Gasteiger partial charge in [-0.3, -0.25) is 4.79 Å². The molecule has 0 heterocycles. The van der Waals surface area contributed by atoms with Crippen LogP contribution in [0.15, 0.2) is 0 Å². The molecule has 100 valence electrons. The van der Waals surface area contributed by atoms with Gasteiger partial charge in [0, 0.05) is 31.5 Å². The van der Waals surface area contributed by atoms with E-state index in [2.05, 4.69) is 13.8 Å². The van der Waals surface area contributed by atoms with Crippen LogP contribution >= 0.6 is 0 Å². The molecule has 0 atom stereocenters. The zero-order chi connectivity index (χ0) is 12.6. The molecule has 0 saturated heterocycles. The monoisotopic (exact) mass is 242 g/mol. The van der Waals surface area contributed by atoms with Crippen molar-refractivity contribution in [2.75, 3.05) is 26.4 Å². The molecule has 0 N–H and O–H groups in total. The molecule has 1 aliphatic rings. The van der Waals surface area contributed by atoms with E-state index in [1.54, 1.807) is 0 Å². The largest absolute Gasteiger partial charge is 0.381 e. The minimum absolute atomic E-state index is 0.0955. The van der Waals surface area contributed by atoms with Gasteiger partial charge < -0.3 is 9.47 Å². The van der Waals surface area contributed by atoms with Crippen molar-refractivity contribution in [1.82, 2.24) is 0 Å². The van der Waals surface area contributed by atoms with Gasteiger partial charge in [0.1, 0.15) is 5.78 Å². The highest BCUT2D eigenvalue weighted by atomic mass is 16.5. The first-order valence-electron chi connectivity index (χ1n) is 6.89. The number of rotatable bonds is 8. The third-order valence-electron chi connectivity index (χ3n) is 3.38. The Balaban J connectivity index is 2.41. The van der Waals surface area contributed by atoms with Crippen LogP contribution in [0.4, 0.5) is 0 Å². The van der Waals surface area contributed by atoms with Gasteiger partial charge in [0.25, 0.3) is 0 Å². The number of carbonyl (C=O) groups excluding carboxylic acids is 1. The van der Waals surface area contributed by atoms with E-state index in [1.807, 2.05) is 0 Å². The fourth-order valence-electron chi connectivity index (χ4n) is 2.26. The molecule has 0 amide bonds. The van der Waals surface area contributed by atoms with Crippen LogP contribution in [0.1, 0.15) is 52.4 Å². The minimum Gasteiger partial charge on any atom is -0.381 e. The molecule has 0 aliphatic heterocycles. The molecule has 3 nitrogen and oxygen atoms in total. The number of hydrogen-bond donors (Lipinski definition) is 0. The van der Waals surface area contributed by atoms with Gasteiger partial charge in [-0.05, 0) is 25.7 Å². The van der Waals surface area contributed by atoms with Crippen LogP contribution in [0, 0.1) is 5.41 Å². The van der Waals surface area contributed by atoms with E-state index in [0.717, 1.165) is 52.1 Å². The summed E-state index contributed by atoms with van der Waals surface area (Å²) in [4.78, 5) is 11.3. The fourth-order valence-corrected chi connectivity index (χ4v) is 2.26. The fraction of sp³-hybridized carbons (Fsp3) is 0.929. The van der Waals surface area contributed by atoms with E-state index < -0.39 is 0 Å². The molecular formula is C14H26O3. The minimum atomic E-state index is 0.0955. The molecule has 17 heavy (non-hydrogen) atoms. The molecular weight excluding hydrogens is 216 g/mol. The van der Waals surface area contributed by atoms with Crippen molar-refractivity contribution in [3.8, 4) is 0 Å². The second-order valence-corrected chi connectivity index (χ2v) is 5.14. The van der Waals surface area contributed by atoms with Crippen molar-refractivity contribution in [3.05, 3.63) is 0 Å². The Bertz CT molecular complexity index is 204. The molecule has 0 unspecified atom stereocenters. The Morgan fingerprint density at radius 1 is 1.00 bits per heavy atom. The highest BCUT2D eigenvalue weighted by Gasteiger charge is 2.35. The Labute approximate surface area is 105 Å². The highest BCUT2D eigenvalue weighted by molar-refractivity contribution is 5.79. The summed E-state index contributed by atoms with van der Waals surface area (Å²) in [5, 5.41) is 0. The summed E-state index contributed by atoms with van der Waals surface area (Å²) in [6.07, 6.45) is 5.35. The molecule has 1 saturated carbocycles. The zero-order valence-corrected chi connectivity index (χ0v) is 11.3. The number of carbonyl (C=O) groups is 1. The first-order chi connectivity index (χ1) is 8.22. The molecule has 0 aromatic carbocycles. The molecule has 0 bridgehead atoms. The SMILES string of the molecule is CCCOCC1(COCCC)CCC(=O)CC1. The second-order valence-electron chi connectivity index (χ2n) is 5.14. The van der Waals surface area contributed by atoms with Gasteiger partial charge in [-0.1, -0.05) is 13.8 Å². The third kappa shape index (κ3) is 5.17. The maximum atomic E-state index is 11.3. The first kappa shape index (κ1) is 14.7. The molecule has 0 aromatic rings. The average Bonchev–Trinajstić information content (AvgIpc) is 2.34. The van der Waals surface area contributed by atoms with Gasteiger partial charge in [-0.15, -0.1) is 0 Å². The average molecular weight is 242 g/mol. The normalized spacial score (nSPS) is 19.5. The molecule has 0 radical (unpaired) electrons. The van der Waals surface area contributed by atoms with Gasteiger partial charge in [-0.25, -0.2) is 0 Å². The van der Waals surface area contributed by atoms with Gasteiger partial charge in [0.2, 0.25) is 0 Å². The molecule has 3 heteroatoms. The molecule has 0 aromatic heterocycles. The molecule has 1 rings (SSSR count). The first-order valence-corrected chi connectivity index (χ1v) is 6.89. The lowest BCUT2D eigenvalue weighted by Crippen LogP contribution is -2.37. The number of Topliss-reactive ketones (excluding diaryl/α,β-unsaturated/α-hetero) is 1. The van der Waals surface area contributed by atoms with Crippen molar-refractivity contribution >= 4 is 5.78 Å². The van der Waals surface area contributed by atoms with Crippen molar-refractivity contribution in [2.24, 2.45) is 5.41 Å². The van der Waals surface area contributed by atoms with Crippen LogP contribution in [0.25, 0.3) is 0 Å². The Kier molecular flexibility index (Phi) is 6.75.